The predicted molar refractivity (Wildman–Crippen MR) is 119 cm³/mol. The van der Waals surface area contributed by atoms with E-state index in [0.29, 0.717) is 16.5 Å². The average molecular weight is 467 g/mol. The first-order chi connectivity index (χ1) is 13.3. The van der Waals surface area contributed by atoms with Gasteiger partial charge in [-0.3, -0.25) is 4.79 Å². The third-order valence-corrected chi connectivity index (χ3v) is 5.62. The minimum atomic E-state index is -1.05. The van der Waals surface area contributed by atoms with E-state index >= 15 is 0 Å². The molecule has 1 aliphatic heterocycles. The van der Waals surface area contributed by atoms with Gasteiger partial charge >= 0.3 is 0 Å². The van der Waals surface area contributed by atoms with Gasteiger partial charge in [0.15, 0.2) is 5.60 Å². The number of hydrogen-bond acceptors (Lipinski definition) is 4. The van der Waals surface area contributed by atoms with Gasteiger partial charge in [-0.2, -0.15) is 0 Å². The molecule has 7 heteroatoms. The van der Waals surface area contributed by atoms with Gasteiger partial charge in [-0.25, -0.2) is 0 Å². The lowest BCUT2D eigenvalue weighted by Crippen LogP contribution is -2.45. The SMILES string of the molecule is CN1CCN(c2c(Cl)cccc2NC(=O)C(C)(C)Oc2ccc(Br)cc2)CC1. The van der Waals surface area contributed by atoms with Gasteiger partial charge in [0.25, 0.3) is 5.91 Å². The Bertz CT molecular complexity index is 834. The third-order valence-electron chi connectivity index (χ3n) is 4.79. The Morgan fingerprint density at radius 1 is 1.11 bits per heavy atom. The molecule has 5 nitrogen and oxygen atoms in total. The van der Waals surface area contributed by atoms with E-state index in [0.717, 1.165) is 36.3 Å². The summed E-state index contributed by atoms with van der Waals surface area (Å²) in [5.41, 5.74) is 0.523. The lowest BCUT2D eigenvalue weighted by molar-refractivity contribution is -0.128. The summed E-state index contributed by atoms with van der Waals surface area (Å²) in [6.07, 6.45) is 0. The lowest BCUT2D eigenvalue weighted by atomic mass is 10.1. The highest BCUT2D eigenvalue weighted by Crippen LogP contribution is 2.35. The van der Waals surface area contributed by atoms with Crippen molar-refractivity contribution in [2.24, 2.45) is 0 Å². The van der Waals surface area contributed by atoms with Crippen molar-refractivity contribution >= 4 is 44.8 Å². The summed E-state index contributed by atoms with van der Waals surface area (Å²) in [5, 5.41) is 3.65. The lowest BCUT2D eigenvalue weighted by Gasteiger charge is -2.36. The first-order valence-electron chi connectivity index (χ1n) is 9.24. The van der Waals surface area contributed by atoms with Crippen molar-refractivity contribution in [3.8, 4) is 5.75 Å². The number of halogens is 2. The number of nitrogens with zero attached hydrogens (tertiary/aromatic N) is 2. The van der Waals surface area contributed by atoms with E-state index in [1.807, 2.05) is 42.5 Å². The van der Waals surface area contributed by atoms with Crippen LogP contribution >= 0.6 is 27.5 Å². The Kier molecular flexibility index (Phi) is 6.53. The summed E-state index contributed by atoms with van der Waals surface area (Å²) in [4.78, 5) is 17.5. The number of nitrogens with one attached hydrogen (secondary N) is 1. The molecule has 0 aromatic heterocycles. The largest absolute Gasteiger partial charge is 0.478 e. The molecule has 2 aromatic rings. The number of para-hydroxylation sites is 1. The van der Waals surface area contributed by atoms with Crippen LogP contribution in [-0.4, -0.2) is 49.6 Å². The first kappa shape index (κ1) is 21.0. The van der Waals surface area contributed by atoms with Gasteiger partial charge in [0.2, 0.25) is 0 Å². The highest BCUT2D eigenvalue weighted by atomic mass is 79.9. The molecule has 1 amide bonds. The van der Waals surface area contributed by atoms with Crippen LogP contribution in [0.5, 0.6) is 5.75 Å². The Morgan fingerprint density at radius 3 is 2.39 bits per heavy atom. The van der Waals surface area contributed by atoms with Crippen molar-refractivity contribution in [3.63, 3.8) is 0 Å². The van der Waals surface area contributed by atoms with Crippen molar-refractivity contribution in [2.75, 3.05) is 43.4 Å². The number of anilines is 2. The second-order valence-electron chi connectivity index (χ2n) is 7.45. The van der Waals surface area contributed by atoms with Gasteiger partial charge < -0.3 is 19.9 Å². The standard InChI is InChI=1S/C21H25BrClN3O2/c1-21(2,28-16-9-7-15(22)8-10-16)20(27)24-18-6-4-5-17(23)19(18)26-13-11-25(3)12-14-26/h4-10H,11-14H2,1-3H3,(H,24,27). The van der Waals surface area contributed by atoms with Crippen molar-refractivity contribution < 1.29 is 9.53 Å². The smallest absolute Gasteiger partial charge is 0.268 e. The van der Waals surface area contributed by atoms with E-state index in [2.05, 4.69) is 38.1 Å². The number of ether oxygens (including phenoxy) is 1. The number of piperazine rings is 1. The van der Waals surface area contributed by atoms with E-state index in [1.54, 1.807) is 13.8 Å². The number of likely N-dealkylation sites (N-methyl/N-ethyl adjacent to an activating group) is 1. The van der Waals surface area contributed by atoms with Crippen LogP contribution in [0.3, 0.4) is 0 Å². The fraction of sp³-hybridized carbons (Fsp3) is 0.381. The Morgan fingerprint density at radius 2 is 1.75 bits per heavy atom. The molecular weight excluding hydrogens is 442 g/mol. The van der Waals surface area contributed by atoms with Crippen LogP contribution in [0.15, 0.2) is 46.9 Å². The maximum Gasteiger partial charge on any atom is 0.268 e. The number of benzene rings is 2. The van der Waals surface area contributed by atoms with E-state index in [-0.39, 0.29) is 5.91 Å². The minimum Gasteiger partial charge on any atom is -0.478 e. The van der Waals surface area contributed by atoms with Gasteiger partial charge in [0.05, 0.1) is 16.4 Å². The van der Waals surface area contributed by atoms with Crippen molar-refractivity contribution in [1.82, 2.24) is 4.90 Å². The summed E-state index contributed by atoms with van der Waals surface area (Å²) in [6.45, 7) is 7.15. The van der Waals surface area contributed by atoms with Gasteiger partial charge in [0, 0.05) is 30.7 Å². The second-order valence-corrected chi connectivity index (χ2v) is 8.77. The normalized spacial score (nSPS) is 15.4. The highest BCUT2D eigenvalue weighted by Gasteiger charge is 2.31. The molecule has 1 fully saturated rings. The maximum absolute atomic E-state index is 13.0. The molecule has 0 unspecified atom stereocenters. The van der Waals surface area contributed by atoms with Gasteiger partial charge in [-0.1, -0.05) is 33.6 Å². The Labute approximate surface area is 179 Å². The molecule has 3 rings (SSSR count). The molecule has 2 aromatic carbocycles. The average Bonchev–Trinajstić information content (AvgIpc) is 2.65. The number of amides is 1. The van der Waals surface area contributed by atoms with E-state index in [9.17, 15) is 4.79 Å². The zero-order valence-corrected chi connectivity index (χ0v) is 18.7. The third kappa shape index (κ3) is 4.99. The van der Waals surface area contributed by atoms with E-state index < -0.39 is 5.60 Å². The fourth-order valence-corrected chi connectivity index (χ4v) is 3.64. The van der Waals surface area contributed by atoms with Gasteiger partial charge in [-0.15, -0.1) is 0 Å². The summed E-state index contributed by atoms with van der Waals surface area (Å²) in [6, 6.07) is 13.0. The molecule has 28 heavy (non-hydrogen) atoms. The summed E-state index contributed by atoms with van der Waals surface area (Å²) in [7, 11) is 2.11. The zero-order chi connectivity index (χ0) is 20.3. The second kappa shape index (κ2) is 8.72. The molecule has 0 atom stereocenters. The molecule has 1 aliphatic rings. The summed E-state index contributed by atoms with van der Waals surface area (Å²) >= 11 is 9.90. The number of carbonyl (C=O) groups excluding carboxylic acids is 1. The molecule has 1 N–H and O–H groups in total. The molecule has 0 radical (unpaired) electrons. The van der Waals surface area contributed by atoms with Crippen LogP contribution in [-0.2, 0) is 4.79 Å². The quantitative estimate of drug-likeness (QED) is 0.697. The Balaban J connectivity index is 1.77. The number of carbonyl (C=O) groups is 1. The van der Waals surface area contributed by atoms with Crippen LogP contribution in [0.2, 0.25) is 5.02 Å². The van der Waals surface area contributed by atoms with Crippen LogP contribution in [0, 0.1) is 0 Å². The summed E-state index contributed by atoms with van der Waals surface area (Å²) < 4.78 is 6.89. The van der Waals surface area contributed by atoms with Crippen LogP contribution < -0.4 is 15.0 Å². The topological polar surface area (TPSA) is 44.8 Å². The molecule has 0 saturated carbocycles. The molecule has 150 valence electrons. The molecular formula is C21H25BrClN3O2. The molecule has 0 bridgehead atoms. The van der Waals surface area contributed by atoms with Crippen LogP contribution in [0.25, 0.3) is 0 Å². The van der Waals surface area contributed by atoms with E-state index in [4.69, 9.17) is 16.3 Å². The predicted octanol–water partition coefficient (Wildman–Crippen LogP) is 4.65. The van der Waals surface area contributed by atoms with Crippen molar-refractivity contribution in [1.29, 1.82) is 0 Å². The minimum absolute atomic E-state index is 0.229. The Hall–Kier alpha value is -1.76. The van der Waals surface area contributed by atoms with Crippen molar-refractivity contribution in [2.45, 2.75) is 19.4 Å². The monoisotopic (exact) mass is 465 g/mol. The maximum atomic E-state index is 13.0. The summed E-state index contributed by atoms with van der Waals surface area (Å²) in [5.74, 6) is 0.404. The fourth-order valence-electron chi connectivity index (χ4n) is 3.08. The zero-order valence-electron chi connectivity index (χ0n) is 16.3. The molecule has 0 aliphatic carbocycles. The number of rotatable bonds is 5. The van der Waals surface area contributed by atoms with E-state index in [1.165, 1.54) is 0 Å². The van der Waals surface area contributed by atoms with Gasteiger partial charge in [-0.05, 0) is 57.3 Å². The first-order valence-corrected chi connectivity index (χ1v) is 10.4. The molecule has 0 spiro atoms. The number of hydrogen-bond donors (Lipinski definition) is 1. The molecule has 1 saturated heterocycles. The molecule has 1 heterocycles. The van der Waals surface area contributed by atoms with Crippen LogP contribution in [0.4, 0.5) is 11.4 Å². The van der Waals surface area contributed by atoms with Crippen LogP contribution in [0.1, 0.15) is 13.8 Å². The van der Waals surface area contributed by atoms with Gasteiger partial charge in [0.1, 0.15) is 5.75 Å². The highest BCUT2D eigenvalue weighted by molar-refractivity contribution is 9.10. The van der Waals surface area contributed by atoms with Crippen molar-refractivity contribution in [3.05, 3.63) is 52.0 Å².